The molecule has 0 fully saturated rings. The van der Waals surface area contributed by atoms with Crippen molar-refractivity contribution in [2.24, 2.45) is 0 Å². The molecule has 3 aromatic rings. The largest absolute Gasteiger partial charge is 0.464 e. The number of carbonyl (C=O) groups is 1. The van der Waals surface area contributed by atoms with Crippen molar-refractivity contribution >= 4 is 28.3 Å². The lowest BCUT2D eigenvalue weighted by Gasteiger charge is -2.18. The molecule has 0 aliphatic heterocycles. The van der Waals surface area contributed by atoms with Gasteiger partial charge in [0.1, 0.15) is 5.58 Å². The number of carbonyl (C=O) groups excluding carboxylic acids is 1. The smallest absolute Gasteiger partial charge is 0.418 e. The van der Waals surface area contributed by atoms with E-state index in [-0.39, 0.29) is 12.1 Å². The van der Waals surface area contributed by atoms with E-state index in [2.05, 4.69) is 5.32 Å². The van der Waals surface area contributed by atoms with E-state index in [4.69, 9.17) is 4.42 Å². The number of alkyl halides is 3. The summed E-state index contributed by atoms with van der Waals surface area (Å²) in [6, 6.07) is 7.61. The van der Waals surface area contributed by atoms with E-state index >= 15 is 0 Å². The molecule has 0 radical (unpaired) electrons. The fourth-order valence-electron chi connectivity index (χ4n) is 3.05. The molecule has 0 saturated heterocycles. The second-order valence-corrected chi connectivity index (χ2v) is 6.99. The minimum Gasteiger partial charge on any atom is -0.464 e. The standard InChI is InChI=1S/C21H21F3N2O2/c1-12-5-7-16-14(11-28-20(16)13(12)2)9-19(27)25-18-8-6-15(26(3)4)10-17(18)21(22,23)24/h5-8,10-11H,9H2,1-4H3,(H,25,27). The molecule has 7 heteroatoms. The van der Waals surface area contributed by atoms with Crippen molar-refractivity contribution < 1.29 is 22.4 Å². The number of hydrogen-bond donors (Lipinski definition) is 1. The van der Waals surface area contributed by atoms with Crippen LogP contribution >= 0.6 is 0 Å². The molecule has 28 heavy (non-hydrogen) atoms. The van der Waals surface area contributed by atoms with Gasteiger partial charge in [-0.15, -0.1) is 0 Å². The van der Waals surface area contributed by atoms with Crippen LogP contribution in [0.3, 0.4) is 0 Å². The topological polar surface area (TPSA) is 45.5 Å². The second kappa shape index (κ2) is 7.22. The predicted molar refractivity (Wildman–Crippen MR) is 104 cm³/mol. The molecule has 4 nitrogen and oxygen atoms in total. The summed E-state index contributed by atoms with van der Waals surface area (Å²) in [6.07, 6.45) is -3.18. The molecular formula is C21H21F3N2O2. The Balaban J connectivity index is 1.87. The molecule has 1 heterocycles. The second-order valence-electron chi connectivity index (χ2n) is 6.99. The Morgan fingerprint density at radius 3 is 2.50 bits per heavy atom. The number of rotatable bonds is 4. The van der Waals surface area contributed by atoms with Crippen LogP contribution < -0.4 is 10.2 Å². The van der Waals surface area contributed by atoms with Gasteiger partial charge in [0.2, 0.25) is 5.91 Å². The zero-order chi connectivity index (χ0) is 20.6. The molecule has 1 N–H and O–H groups in total. The maximum Gasteiger partial charge on any atom is 0.418 e. The highest BCUT2D eigenvalue weighted by Crippen LogP contribution is 2.37. The number of fused-ring (bicyclic) bond motifs is 1. The van der Waals surface area contributed by atoms with Gasteiger partial charge in [0.05, 0.1) is 23.9 Å². The van der Waals surface area contributed by atoms with Gasteiger partial charge in [-0.3, -0.25) is 4.79 Å². The van der Waals surface area contributed by atoms with E-state index < -0.39 is 17.6 Å². The normalized spacial score (nSPS) is 11.7. The maximum absolute atomic E-state index is 13.4. The number of amides is 1. The van der Waals surface area contributed by atoms with Gasteiger partial charge in [0.15, 0.2) is 0 Å². The molecule has 2 aromatic carbocycles. The van der Waals surface area contributed by atoms with E-state index in [1.807, 2.05) is 26.0 Å². The molecular weight excluding hydrogens is 369 g/mol. The molecule has 0 aliphatic carbocycles. The molecule has 148 valence electrons. The first-order valence-electron chi connectivity index (χ1n) is 8.72. The third-order valence-electron chi connectivity index (χ3n) is 4.79. The van der Waals surface area contributed by atoms with Crippen LogP contribution in [-0.2, 0) is 17.4 Å². The number of furan rings is 1. The lowest BCUT2D eigenvalue weighted by Crippen LogP contribution is -2.19. The summed E-state index contributed by atoms with van der Waals surface area (Å²) in [6.45, 7) is 3.88. The van der Waals surface area contributed by atoms with Gasteiger partial charge in [-0.2, -0.15) is 13.2 Å². The number of hydrogen-bond acceptors (Lipinski definition) is 3. The van der Waals surface area contributed by atoms with Crippen molar-refractivity contribution in [1.82, 2.24) is 0 Å². The van der Waals surface area contributed by atoms with Crippen molar-refractivity contribution in [1.29, 1.82) is 0 Å². The van der Waals surface area contributed by atoms with Crippen LogP contribution in [0.5, 0.6) is 0 Å². The quantitative estimate of drug-likeness (QED) is 0.656. The molecule has 0 atom stereocenters. The lowest BCUT2D eigenvalue weighted by molar-refractivity contribution is -0.136. The maximum atomic E-state index is 13.4. The number of anilines is 2. The monoisotopic (exact) mass is 390 g/mol. The summed E-state index contributed by atoms with van der Waals surface area (Å²) in [7, 11) is 3.31. The van der Waals surface area contributed by atoms with Crippen LogP contribution in [0.25, 0.3) is 11.0 Å². The van der Waals surface area contributed by atoms with Crippen molar-refractivity contribution in [3.05, 3.63) is 58.8 Å². The highest BCUT2D eigenvalue weighted by atomic mass is 19.4. The number of aryl methyl sites for hydroxylation is 2. The average molecular weight is 390 g/mol. The van der Waals surface area contributed by atoms with Gasteiger partial charge >= 0.3 is 6.18 Å². The van der Waals surface area contributed by atoms with Gasteiger partial charge < -0.3 is 14.6 Å². The Kier molecular flexibility index (Phi) is 5.10. The van der Waals surface area contributed by atoms with E-state index in [0.29, 0.717) is 16.8 Å². The SMILES string of the molecule is Cc1ccc2c(CC(=O)Nc3ccc(N(C)C)cc3C(F)(F)F)coc2c1C. The first-order chi connectivity index (χ1) is 13.1. The van der Waals surface area contributed by atoms with Crippen molar-refractivity contribution in [3.63, 3.8) is 0 Å². The summed E-state index contributed by atoms with van der Waals surface area (Å²) in [4.78, 5) is 14.0. The number of halogens is 3. The summed E-state index contributed by atoms with van der Waals surface area (Å²) in [5.74, 6) is -0.538. The minimum atomic E-state index is -4.58. The molecule has 0 aliphatic rings. The zero-order valence-electron chi connectivity index (χ0n) is 16.1. The highest BCUT2D eigenvalue weighted by Gasteiger charge is 2.34. The highest BCUT2D eigenvalue weighted by molar-refractivity contribution is 5.96. The molecule has 1 aromatic heterocycles. The average Bonchev–Trinajstić information content (AvgIpc) is 3.00. The number of nitrogens with one attached hydrogen (secondary N) is 1. The van der Waals surface area contributed by atoms with E-state index in [1.54, 1.807) is 19.0 Å². The van der Waals surface area contributed by atoms with Crippen LogP contribution in [0.2, 0.25) is 0 Å². The zero-order valence-corrected chi connectivity index (χ0v) is 16.1. The predicted octanol–water partition coefficient (Wildman–Crippen LogP) is 5.32. The van der Waals surface area contributed by atoms with Crippen LogP contribution in [-0.4, -0.2) is 20.0 Å². The Morgan fingerprint density at radius 2 is 1.86 bits per heavy atom. The fraction of sp³-hybridized carbons (Fsp3) is 0.286. The summed E-state index contributed by atoms with van der Waals surface area (Å²) < 4.78 is 45.8. The third-order valence-corrected chi connectivity index (χ3v) is 4.79. The van der Waals surface area contributed by atoms with Gasteiger partial charge in [-0.25, -0.2) is 0 Å². The molecule has 0 spiro atoms. The fourth-order valence-corrected chi connectivity index (χ4v) is 3.05. The van der Waals surface area contributed by atoms with Gasteiger partial charge in [-0.05, 0) is 43.2 Å². The first kappa shape index (κ1) is 19.8. The summed E-state index contributed by atoms with van der Waals surface area (Å²) in [5, 5.41) is 3.18. The van der Waals surface area contributed by atoms with Gasteiger partial charge in [-0.1, -0.05) is 12.1 Å². The molecule has 0 bridgehead atoms. The third kappa shape index (κ3) is 3.83. The molecule has 0 saturated carbocycles. The molecule has 1 amide bonds. The Hall–Kier alpha value is -2.96. The molecule has 3 rings (SSSR count). The molecule has 0 unspecified atom stereocenters. The summed E-state index contributed by atoms with van der Waals surface area (Å²) >= 11 is 0. The Labute approximate surface area is 160 Å². The Bertz CT molecular complexity index is 1040. The van der Waals surface area contributed by atoms with Crippen LogP contribution in [0.1, 0.15) is 22.3 Å². The van der Waals surface area contributed by atoms with Crippen molar-refractivity contribution in [3.8, 4) is 0 Å². The van der Waals surface area contributed by atoms with E-state index in [9.17, 15) is 18.0 Å². The Morgan fingerprint density at radius 1 is 1.14 bits per heavy atom. The number of benzene rings is 2. The lowest BCUT2D eigenvalue weighted by atomic mass is 10.0. The summed E-state index contributed by atoms with van der Waals surface area (Å²) in [5.41, 5.74) is 2.62. The first-order valence-corrected chi connectivity index (χ1v) is 8.72. The minimum absolute atomic E-state index is 0.0811. The van der Waals surface area contributed by atoms with E-state index in [0.717, 1.165) is 22.6 Å². The van der Waals surface area contributed by atoms with Gasteiger partial charge in [0.25, 0.3) is 0 Å². The van der Waals surface area contributed by atoms with Crippen LogP contribution in [0.4, 0.5) is 24.5 Å². The number of nitrogens with zero attached hydrogens (tertiary/aromatic N) is 1. The van der Waals surface area contributed by atoms with Gasteiger partial charge in [0, 0.05) is 30.7 Å². The van der Waals surface area contributed by atoms with E-state index in [1.165, 1.54) is 18.4 Å². The van der Waals surface area contributed by atoms with Crippen molar-refractivity contribution in [2.75, 3.05) is 24.3 Å². The van der Waals surface area contributed by atoms with Crippen molar-refractivity contribution in [2.45, 2.75) is 26.4 Å². The van der Waals surface area contributed by atoms with Crippen LogP contribution in [0.15, 0.2) is 41.0 Å². The van der Waals surface area contributed by atoms with Crippen LogP contribution in [0, 0.1) is 13.8 Å².